The lowest BCUT2D eigenvalue weighted by Crippen LogP contribution is -2.42. The molecule has 2 heterocycles. The van der Waals surface area contributed by atoms with E-state index in [0.717, 1.165) is 74.4 Å². The van der Waals surface area contributed by atoms with Crippen LogP contribution in [-0.2, 0) is 14.9 Å². The van der Waals surface area contributed by atoms with Crippen LogP contribution in [0.2, 0.25) is 0 Å². The first-order chi connectivity index (χ1) is 17.0. The molecule has 192 valence electrons. The third-order valence-corrected chi connectivity index (χ3v) is 6.79. The van der Waals surface area contributed by atoms with Crippen molar-refractivity contribution in [1.82, 2.24) is 14.7 Å². The zero-order chi connectivity index (χ0) is 25.3. The summed E-state index contributed by atoms with van der Waals surface area (Å²) in [4.78, 5) is 22.7. The first-order valence-electron chi connectivity index (χ1n) is 12.2. The molecule has 1 saturated carbocycles. The number of aldehydes is 1. The number of nitrogens with zero attached hydrogens (tertiary/aromatic N) is 3. The van der Waals surface area contributed by atoms with E-state index in [2.05, 4.69) is 57.0 Å². The zero-order valence-corrected chi connectivity index (χ0v) is 22.4. The average molecular weight is 502 g/mol. The molecule has 8 nitrogen and oxygen atoms in total. The van der Waals surface area contributed by atoms with Crippen molar-refractivity contribution in [2.75, 3.05) is 50.4 Å². The molecular weight excluding hydrogens is 462 g/mol. The van der Waals surface area contributed by atoms with Crippen LogP contribution in [0.1, 0.15) is 45.1 Å². The van der Waals surface area contributed by atoms with Crippen molar-refractivity contribution < 1.29 is 14.3 Å². The Kier molecular flexibility index (Phi) is 10.2. The minimum Gasteiger partial charge on any atom is -0.467 e. The van der Waals surface area contributed by atoms with Crippen LogP contribution in [0.4, 0.5) is 17.1 Å². The molecule has 1 aliphatic carbocycles. The molecule has 4 rings (SSSR count). The summed E-state index contributed by atoms with van der Waals surface area (Å²) in [7, 11) is 3.45. The summed E-state index contributed by atoms with van der Waals surface area (Å²) in [6.07, 6.45) is 10.4. The Bertz CT molecular complexity index is 929. The van der Waals surface area contributed by atoms with E-state index < -0.39 is 0 Å². The van der Waals surface area contributed by atoms with Crippen molar-refractivity contribution in [3.05, 3.63) is 36.2 Å². The van der Waals surface area contributed by atoms with E-state index >= 15 is 0 Å². The van der Waals surface area contributed by atoms with Gasteiger partial charge in [0.1, 0.15) is 6.29 Å². The monoisotopic (exact) mass is 501 g/mol. The lowest BCUT2D eigenvalue weighted by Gasteiger charge is -2.38. The van der Waals surface area contributed by atoms with Crippen LogP contribution in [0.25, 0.3) is 0 Å². The van der Waals surface area contributed by atoms with Crippen LogP contribution in [0.3, 0.4) is 0 Å². The number of nitrogens with one attached hydrogen (secondary N) is 2. The van der Waals surface area contributed by atoms with Crippen molar-refractivity contribution in [2.45, 2.75) is 51.0 Å². The van der Waals surface area contributed by atoms with Gasteiger partial charge in [0, 0.05) is 25.8 Å². The highest BCUT2D eigenvalue weighted by atomic mass is 32.2. The summed E-state index contributed by atoms with van der Waals surface area (Å²) in [6.45, 7) is 7.03. The summed E-state index contributed by atoms with van der Waals surface area (Å²) >= 11 is 1.61. The fourth-order valence-electron chi connectivity index (χ4n) is 4.28. The molecule has 2 N–H and O–H groups in total. The van der Waals surface area contributed by atoms with E-state index in [0.29, 0.717) is 18.0 Å². The average Bonchev–Trinajstić information content (AvgIpc) is 3.70. The van der Waals surface area contributed by atoms with E-state index in [1.165, 1.54) is 0 Å². The van der Waals surface area contributed by atoms with Gasteiger partial charge in [0.2, 0.25) is 0 Å². The minimum absolute atomic E-state index is 0.326. The second-order valence-corrected chi connectivity index (χ2v) is 10.2. The molecule has 1 aromatic carbocycles. The van der Waals surface area contributed by atoms with Crippen LogP contribution in [0.15, 0.2) is 30.6 Å². The highest BCUT2D eigenvalue weighted by Crippen LogP contribution is 2.48. The fraction of sp³-hybridized carbons (Fsp3) is 0.577. The minimum atomic E-state index is -0.326. The summed E-state index contributed by atoms with van der Waals surface area (Å²) in [5, 5.41) is 3.51. The highest BCUT2D eigenvalue weighted by Gasteiger charge is 2.44. The Morgan fingerprint density at radius 1 is 1.26 bits per heavy atom. The number of ether oxygens (including phenoxy) is 2. The zero-order valence-electron chi connectivity index (χ0n) is 21.5. The molecule has 2 fully saturated rings. The van der Waals surface area contributed by atoms with Gasteiger partial charge in [-0.15, -0.1) is 0 Å². The maximum Gasteiger partial charge on any atom is 0.316 e. The topological polar surface area (TPSA) is 88.6 Å². The molecule has 1 aliphatic heterocycles. The smallest absolute Gasteiger partial charge is 0.316 e. The van der Waals surface area contributed by atoms with E-state index in [4.69, 9.17) is 9.47 Å². The summed E-state index contributed by atoms with van der Waals surface area (Å²) in [6, 6.07) is 7.19. The molecule has 0 unspecified atom stereocenters. The lowest BCUT2D eigenvalue weighted by molar-refractivity contribution is -0.109. The summed E-state index contributed by atoms with van der Waals surface area (Å²) in [5.41, 5.74) is 3.65. The fourth-order valence-corrected chi connectivity index (χ4v) is 4.28. The first-order valence-corrected chi connectivity index (χ1v) is 13.5. The molecule has 35 heavy (non-hydrogen) atoms. The van der Waals surface area contributed by atoms with Crippen LogP contribution < -0.4 is 19.7 Å². The Labute approximate surface area is 213 Å². The number of anilines is 3. The molecule has 0 bridgehead atoms. The number of aromatic nitrogens is 2. The molecule has 9 heteroatoms. The number of carbonyl (C=O) groups excluding carboxylic acids is 1. The van der Waals surface area contributed by atoms with Gasteiger partial charge >= 0.3 is 6.01 Å². The maximum atomic E-state index is 11.8. The quantitative estimate of drug-likeness (QED) is 0.358. The van der Waals surface area contributed by atoms with Gasteiger partial charge in [-0.25, -0.2) is 9.97 Å². The van der Waals surface area contributed by atoms with Crippen molar-refractivity contribution in [1.29, 1.82) is 0 Å². The number of rotatable bonds is 10. The predicted octanol–water partition coefficient (Wildman–Crippen LogP) is 4.58. The van der Waals surface area contributed by atoms with E-state index in [-0.39, 0.29) is 5.41 Å². The number of hydrogen-bond donors (Lipinski definition) is 2. The summed E-state index contributed by atoms with van der Waals surface area (Å²) in [5.74, 6) is 0.518. The van der Waals surface area contributed by atoms with Crippen molar-refractivity contribution in [3.63, 3.8) is 0 Å². The number of methoxy groups -OCH3 is 1. The molecule has 0 spiro atoms. The van der Waals surface area contributed by atoms with Gasteiger partial charge < -0.3 is 24.5 Å². The second-order valence-electron chi connectivity index (χ2n) is 9.39. The lowest BCUT2D eigenvalue weighted by atomic mass is 9.95. The number of carbonyl (C=O) groups is 1. The van der Waals surface area contributed by atoms with Gasteiger partial charge in [0.25, 0.3) is 0 Å². The van der Waals surface area contributed by atoms with Crippen molar-refractivity contribution >= 4 is 35.3 Å². The maximum absolute atomic E-state index is 11.8. The van der Waals surface area contributed by atoms with Crippen LogP contribution in [0.5, 0.6) is 6.01 Å². The Morgan fingerprint density at radius 3 is 2.43 bits per heavy atom. The molecule has 2 aromatic rings. The molecule has 0 radical (unpaired) electrons. The standard InChI is InChI=1S/C24H32N4O3.C2H7NS/c1-17(2)15-28(20-6-10-31-11-7-20)22-5-4-18(24(16-29)8-9-24)12-21(22)27-19-13-25-23(30-3)26-14-19;1-3-4-2/h4-5,12-14,16-17,20,27H,6-11,15H2,1-3H3;3H,1-2H3. The molecule has 0 amide bonds. The van der Waals surface area contributed by atoms with Gasteiger partial charge in [-0.1, -0.05) is 31.9 Å². The second kappa shape index (κ2) is 13.1. The number of hydrogen-bond acceptors (Lipinski definition) is 9. The molecular formula is C26H39N5O3S. The van der Waals surface area contributed by atoms with Crippen LogP contribution in [-0.4, -0.2) is 62.5 Å². The largest absolute Gasteiger partial charge is 0.467 e. The van der Waals surface area contributed by atoms with E-state index in [1.54, 1.807) is 31.5 Å². The van der Waals surface area contributed by atoms with Gasteiger partial charge in [0.05, 0.1) is 42.0 Å². The van der Waals surface area contributed by atoms with Gasteiger partial charge in [0.15, 0.2) is 0 Å². The third-order valence-electron chi connectivity index (χ3n) is 6.38. The molecule has 0 atom stereocenters. The van der Waals surface area contributed by atoms with Gasteiger partial charge in [-0.2, -0.15) is 0 Å². The molecule has 2 aliphatic rings. The van der Waals surface area contributed by atoms with E-state index in [1.807, 2.05) is 13.3 Å². The van der Waals surface area contributed by atoms with Crippen molar-refractivity contribution in [2.24, 2.45) is 5.92 Å². The number of benzene rings is 1. The SMILES string of the molecule is CNSC.COc1ncc(Nc2cc(C3(C=O)CC3)ccc2N(CC(C)C)C2CCOCC2)cn1. The van der Waals surface area contributed by atoms with Crippen molar-refractivity contribution in [3.8, 4) is 6.01 Å². The molecule has 1 saturated heterocycles. The third kappa shape index (κ3) is 7.32. The Hall–Kier alpha value is -2.36. The van der Waals surface area contributed by atoms with Gasteiger partial charge in [-0.05, 0) is 62.6 Å². The molecule has 1 aromatic heterocycles. The first kappa shape index (κ1) is 27.2. The van der Waals surface area contributed by atoms with E-state index in [9.17, 15) is 4.79 Å². The summed E-state index contributed by atoms with van der Waals surface area (Å²) < 4.78 is 13.5. The Balaban J connectivity index is 0.000000795. The highest BCUT2D eigenvalue weighted by molar-refractivity contribution is 7.96. The predicted molar refractivity (Wildman–Crippen MR) is 144 cm³/mol. The van der Waals surface area contributed by atoms with Crippen LogP contribution in [0, 0.1) is 5.92 Å². The normalized spacial score (nSPS) is 16.7. The van der Waals surface area contributed by atoms with Crippen LogP contribution >= 0.6 is 11.9 Å². The van der Waals surface area contributed by atoms with Gasteiger partial charge in [-0.3, -0.25) is 4.72 Å². The Morgan fingerprint density at radius 2 is 1.91 bits per heavy atom.